The summed E-state index contributed by atoms with van der Waals surface area (Å²) >= 11 is 2.22. The molecule has 8 heteroatoms. The molecule has 156 valence electrons. The second-order valence-corrected chi connectivity index (χ2v) is 14.5. The first kappa shape index (κ1) is 26.1. The fourth-order valence-electron chi connectivity index (χ4n) is 1.68. The van der Waals surface area contributed by atoms with Crippen LogP contribution in [0.15, 0.2) is 0 Å². The number of hydrogen-bond acceptors (Lipinski definition) is 5. The third-order valence-corrected chi connectivity index (χ3v) is 9.35. The van der Waals surface area contributed by atoms with E-state index in [1.165, 1.54) is 0 Å². The van der Waals surface area contributed by atoms with Crippen molar-refractivity contribution in [3.05, 3.63) is 0 Å². The standard InChI is InChI=1S/C18H38INO5Si/c1-10-22-15(11-19)23-12-14(20-16(21)25-17(2,3)4)13-24-26(8,9)18(5,6)7/h14-15H,10-13H2,1-9H3,(H,20,21)/t14?,15-/m1/s1. The third-order valence-electron chi connectivity index (χ3n) is 4.13. The molecule has 0 rings (SSSR count). The molecule has 0 saturated carbocycles. The minimum atomic E-state index is -1.93. The molecular formula is C18H38INO5Si. The normalized spacial score (nSPS) is 15.5. The Hall–Kier alpha value is 0.0969. The Kier molecular flexibility index (Phi) is 11.2. The molecule has 0 aromatic rings. The summed E-state index contributed by atoms with van der Waals surface area (Å²) < 4.78 is 23.7. The van der Waals surface area contributed by atoms with E-state index in [1.54, 1.807) is 0 Å². The van der Waals surface area contributed by atoms with E-state index >= 15 is 0 Å². The molecule has 0 radical (unpaired) electrons. The maximum absolute atomic E-state index is 12.2. The molecule has 0 saturated heterocycles. The summed E-state index contributed by atoms with van der Waals surface area (Å²) in [5.41, 5.74) is -0.550. The van der Waals surface area contributed by atoms with Gasteiger partial charge in [0.15, 0.2) is 14.6 Å². The molecule has 1 unspecified atom stereocenters. The number of nitrogens with one attached hydrogen (secondary N) is 1. The average molecular weight is 503 g/mol. The highest BCUT2D eigenvalue weighted by atomic mass is 127. The molecule has 2 atom stereocenters. The van der Waals surface area contributed by atoms with Crippen LogP contribution in [0.4, 0.5) is 4.79 Å². The molecule has 0 aliphatic carbocycles. The van der Waals surface area contributed by atoms with E-state index in [2.05, 4.69) is 61.8 Å². The fourth-order valence-corrected chi connectivity index (χ4v) is 3.24. The van der Waals surface area contributed by atoms with Crippen LogP contribution in [0.25, 0.3) is 0 Å². The summed E-state index contributed by atoms with van der Waals surface area (Å²) in [6, 6.07) is -0.301. The van der Waals surface area contributed by atoms with E-state index in [0.29, 0.717) is 24.2 Å². The van der Waals surface area contributed by atoms with Crippen molar-refractivity contribution >= 4 is 37.0 Å². The number of alkyl halides is 1. The van der Waals surface area contributed by atoms with Gasteiger partial charge in [0.1, 0.15) is 5.60 Å². The number of hydrogen-bond donors (Lipinski definition) is 1. The van der Waals surface area contributed by atoms with Crippen molar-refractivity contribution in [1.29, 1.82) is 0 Å². The number of carbonyl (C=O) groups excluding carboxylic acids is 1. The molecule has 0 aromatic carbocycles. The van der Waals surface area contributed by atoms with Gasteiger partial charge in [-0.25, -0.2) is 4.79 Å². The summed E-state index contributed by atoms with van der Waals surface area (Å²) in [7, 11) is -1.93. The summed E-state index contributed by atoms with van der Waals surface area (Å²) in [5, 5.41) is 2.97. The highest BCUT2D eigenvalue weighted by molar-refractivity contribution is 14.1. The molecule has 1 N–H and O–H groups in total. The minimum absolute atomic E-state index is 0.0976. The molecular weight excluding hydrogens is 465 g/mol. The van der Waals surface area contributed by atoms with Crippen LogP contribution < -0.4 is 5.32 Å². The van der Waals surface area contributed by atoms with Crippen molar-refractivity contribution in [2.75, 3.05) is 24.2 Å². The van der Waals surface area contributed by atoms with E-state index in [4.69, 9.17) is 18.6 Å². The van der Waals surface area contributed by atoms with Gasteiger partial charge in [0.2, 0.25) is 0 Å². The van der Waals surface area contributed by atoms with Gasteiger partial charge in [-0.05, 0) is 45.8 Å². The number of amides is 1. The van der Waals surface area contributed by atoms with E-state index in [0.717, 1.165) is 0 Å². The van der Waals surface area contributed by atoms with Crippen LogP contribution in [0.5, 0.6) is 0 Å². The van der Waals surface area contributed by atoms with Crippen LogP contribution >= 0.6 is 22.6 Å². The molecule has 0 fully saturated rings. The molecule has 0 aliphatic heterocycles. The lowest BCUT2D eigenvalue weighted by molar-refractivity contribution is -0.128. The Morgan fingerprint density at radius 1 is 1.08 bits per heavy atom. The highest BCUT2D eigenvalue weighted by Gasteiger charge is 2.38. The molecule has 0 spiro atoms. The topological polar surface area (TPSA) is 66.0 Å². The average Bonchev–Trinajstić information content (AvgIpc) is 2.45. The van der Waals surface area contributed by atoms with Crippen LogP contribution in [0.2, 0.25) is 18.1 Å². The van der Waals surface area contributed by atoms with Crippen LogP contribution in [-0.2, 0) is 18.6 Å². The second kappa shape index (κ2) is 11.2. The quantitative estimate of drug-likeness (QED) is 0.202. The first-order valence-corrected chi connectivity index (χ1v) is 13.6. The zero-order valence-electron chi connectivity index (χ0n) is 17.9. The first-order chi connectivity index (χ1) is 11.7. The lowest BCUT2D eigenvalue weighted by Crippen LogP contribution is -2.49. The number of alkyl carbamates (subject to hydrolysis) is 1. The maximum atomic E-state index is 12.2. The fraction of sp³-hybridized carbons (Fsp3) is 0.944. The van der Waals surface area contributed by atoms with Crippen molar-refractivity contribution in [2.24, 2.45) is 0 Å². The minimum Gasteiger partial charge on any atom is -0.444 e. The molecule has 0 aromatic heterocycles. The number of ether oxygens (including phenoxy) is 3. The Bertz CT molecular complexity index is 421. The Morgan fingerprint density at radius 2 is 1.65 bits per heavy atom. The van der Waals surface area contributed by atoms with Gasteiger partial charge < -0.3 is 24.0 Å². The van der Waals surface area contributed by atoms with E-state index in [-0.39, 0.29) is 17.4 Å². The third kappa shape index (κ3) is 11.1. The monoisotopic (exact) mass is 503 g/mol. The van der Waals surface area contributed by atoms with Gasteiger partial charge >= 0.3 is 6.09 Å². The zero-order valence-corrected chi connectivity index (χ0v) is 21.1. The molecule has 1 amide bonds. The molecule has 0 heterocycles. The van der Waals surface area contributed by atoms with Gasteiger partial charge in [-0.3, -0.25) is 0 Å². The zero-order chi connectivity index (χ0) is 20.6. The van der Waals surface area contributed by atoms with Gasteiger partial charge in [0, 0.05) is 6.61 Å². The van der Waals surface area contributed by atoms with Gasteiger partial charge in [-0.15, -0.1) is 0 Å². The Balaban J connectivity index is 4.90. The first-order valence-electron chi connectivity index (χ1n) is 9.14. The van der Waals surface area contributed by atoms with Gasteiger partial charge in [-0.1, -0.05) is 43.4 Å². The predicted molar refractivity (Wildman–Crippen MR) is 117 cm³/mol. The van der Waals surface area contributed by atoms with Crippen molar-refractivity contribution in [3.8, 4) is 0 Å². The molecule has 0 bridgehead atoms. The smallest absolute Gasteiger partial charge is 0.408 e. The van der Waals surface area contributed by atoms with Crippen molar-refractivity contribution in [2.45, 2.75) is 84.5 Å². The molecule has 6 nitrogen and oxygen atoms in total. The Morgan fingerprint density at radius 3 is 2.08 bits per heavy atom. The maximum Gasteiger partial charge on any atom is 0.408 e. The largest absolute Gasteiger partial charge is 0.444 e. The van der Waals surface area contributed by atoms with Crippen LogP contribution in [0, 0.1) is 0 Å². The van der Waals surface area contributed by atoms with E-state index in [9.17, 15) is 4.79 Å². The SMILES string of the molecule is CCO[C@@H](CI)OCC(CO[Si](C)(C)C(C)(C)C)NC(=O)OC(C)(C)C. The van der Waals surface area contributed by atoms with Crippen LogP contribution in [-0.4, -0.2) is 56.6 Å². The predicted octanol–water partition coefficient (Wildman–Crippen LogP) is 4.72. The second-order valence-electron chi connectivity index (χ2n) is 8.79. The van der Waals surface area contributed by atoms with Crippen molar-refractivity contribution < 1.29 is 23.4 Å². The number of rotatable bonds is 10. The van der Waals surface area contributed by atoms with Gasteiger partial charge in [0.05, 0.1) is 23.7 Å². The van der Waals surface area contributed by atoms with Gasteiger partial charge in [-0.2, -0.15) is 0 Å². The Labute approximate surface area is 174 Å². The van der Waals surface area contributed by atoms with E-state index in [1.807, 2.05) is 27.7 Å². The van der Waals surface area contributed by atoms with Crippen molar-refractivity contribution in [1.82, 2.24) is 5.32 Å². The summed E-state index contributed by atoms with van der Waals surface area (Å²) in [6.07, 6.45) is -0.760. The highest BCUT2D eigenvalue weighted by Crippen LogP contribution is 2.36. The molecule has 26 heavy (non-hydrogen) atoms. The van der Waals surface area contributed by atoms with Crippen LogP contribution in [0.1, 0.15) is 48.5 Å². The summed E-state index contributed by atoms with van der Waals surface area (Å²) in [6.45, 7) is 19.7. The van der Waals surface area contributed by atoms with E-state index < -0.39 is 20.0 Å². The number of halogens is 1. The van der Waals surface area contributed by atoms with Gasteiger partial charge in [0.25, 0.3) is 0 Å². The van der Waals surface area contributed by atoms with Crippen molar-refractivity contribution in [3.63, 3.8) is 0 Å². The molecule has 0 aliphatic rings. The summed E-state index contributed by atoms with van der Waals surface area (Å²) in [5.74, 6) is 0. The van der Waals surface area contributed by atoms with Crippen LogP contribution in [0.3, 0.4) is 0 Å². The lowest BCUT2D eigenvalue weighted by atomic mass is 10.2. The lowest BCUT2D eigenvalue weighted by Gasteiger charge is -2.37. The summed E-state index contributed by atoms with van der Waals surface area (Å²) in [4.78, 5) is 12.2. The number of carbonyl (C=O) groups is 1.